The van der Waals surface area contributed by atoms with Gasteiger partial charge in [0.2, 0.25) is 5.82 Å². The Morgan fingerprint density at radius 3 is 1.67 bits per heavy atom. The average Bonchev–Trinajstić information content (AvgIpc) is 2.84. The first kappa shape index (κ1) is 22.6. The van der Waals surface area contributed by atoms with E-state index < -0.39 is 23.3 Å². The summed E-state index contributed by atoms with van der Waals surface area (Å²) in [7, 11) is 0. The van der Waals surface area contributed by atoms with Gasteiger partial charge < -0.3 is 4.74 Å². The van der Waals surface area contributed by atoms with Crippen LogP contribution < -0.4 is 4.74 Å². The van der Waals surface area contributed by atoms with Crippen molar-refractivity contribution in [3.05, 3.63) is 113 Å². The largest absolute Gasteiger partial charge is 0.491 e. The summed E-state index contributed by atoms with van der Waals surface area (Å²) in [6.07, 6.45) is 1.49. The molecule has 0 amide bonds. The van der Waals surface area contributed by atoms with Gasteiger partial charge in [0.15, 0.2) is 23.2 Å². The molecular formula is C28H22F4O. The lowest BCUT2D eigenvalue weighted by molar-refractivity contribution is 0.314. The summed E-state index contributed by atoms with van der Waals surface area (Å²) in [5.74, 6) is -3.73. The van der Waals surface area contributed by atoms with E-state index >= 15 is 0 Å². The van der Waals surface area contributed by atoms with Crippen LogP contribution in [0.4, 0.5) is 17.6 Å². The van der Waals surface area contributed by atoms with E-state index in [0.29, 0.717) is 11.1 Å². The third-order valence-electron chi connectivity index (χ3n) is 5.53. The fourth-order valence-electron chi connectivity index (χ4n) is 3.74. The summed E-state index contributed by atoms with van der Waals surface area (Å²) in [5.41, 5.74) is 3.72. The molecule has 0 unspecified atom stereocenters. The lowest BCUT2D eigenvalue weighted by atomic mass is 9.98. The van der Waals surface area contributed by atoms with Crippen LogP contribution in [-0.4, -0.2) is 6.61 Å². The summed E-state index contributed by atoms with van der Waals surface area (Å²) in [5, 5.41) is 0. The van der Waals surface area contributed by atoms with E-state index in [1.807, 2.05) is 24.3 Å². The van der Waals surface area contributed by atoms with Crippen LogP contribution in [-0.2, 0) is 12.8 Å². The Morgan fingerprint density at radius 1 is 0.576 bits per heavy atom. The maximum Gasteiger partial charge on any atom is 0.201 e. The van der Waals surface area contributed by atoms with Crippen LogP contribution in [0.5, 0.6) is 5.75 Å². The zero-order valence-corrected chi connectivity index (χ0v) is 18.0. The molecule has 0 aliphatic rings. The minimum absolute atomic E-state index is 0.0958. The second-order valence-electron chi connectivity index (χ2n) is 7.67. The number of benzene rings is 4. The molecular weight excluding hydrogens is 428 g/mol. The van der Waals surface area contributed by atoms with Crippen molar-refractivity contribution < 1.29 is 22.3 Å². The highest BCUT2D eigenvalue weighted by atomic mass is 19.2. The molecule has 0 aromatic heterocycles. The molecule has 0 saturated carbocycles. The van der Waals surface area contributed by atoms with Crippen molar-refractivity contribution in [3.8, 4) is 28.0 Å². The van der Waals surface area contributed by atoms with Gasteiger partial charge >= 0.3 is 0 Å². The number of aryl methyl sites for hydroxylation is 2. The summed E-state index contributed by atoms with van der Waals surface area (Å²) >= 11 is 0. The van der Waals surface area contributed by atoms with Gasteiger partial charge in [-0.2, -0.15) is 4.39 Å². The van der Waals surface area contributed by atoms with Gasteiger partial charge in [0, 0.05) is 11.1 Å². The molecule has 0 aliphatic heterocycles. The number of rotatable bonds is 7. The molecule has 4 aromatic rings. The van der Waals surface area contributed by atoms with Crippen molar-refractivity contribution in [1.82, 2.24) is 0 Å². The molecule has 0 bridgehead atoms. The van der Waals surface area contributed by atoms with Crippen molar-refractivity contribution in [2.24, 2.45) is 0 Å². The molecule has 168 valence electrons. The van der Waals surface area contributed by atoms with Crippen LogP contribution in [0.15, 0.2) is 78.9 Å². The molecule has 0 fully saturated rings. The molecule has 4 rings (SSSR count). The first-order chi connectivity index (χ1) is 16.0. The van der Waals surface area contributed by atoms with Gasteiger partial charge in [0.25, 0.3) is 0 Å². The predicted octanol–water partition coefficient (Wildman–Crippen LogP) is 7.76. The standard InChI is InChI=1S/C28H22F4O/c1-2-33-25-17-16-23(27(31)28(25)32)21-14-10-19(11-15-21)7-6-18-8-12-20(13-9-18)22-4-3-5-24(29)26(22)30/h3-5,8-17H,2,6-7H2,1H3. The quantitative estimate of drug-likeness (QED) is 0.262. The predicted molar refractivity (Wildman–Crippen MR) is 122 cm³/mol. The van der Waals surface area contributed by atoms with Crippen molar-refractivity contribution in [3.63, 3.8) is 0 Å². The van der Waals surface area contributed by atoms with Crippen LogP contribution in [0, 0.1) is 23.3 Å². The maximum atomic E-state index is 14.4. The highest BCUT2D eigenvalue weighted by Gasteiger charge is 2.15. The Labute approximate surface area is 190 Å². The van der Waals surface area contributed by atoms with Crippen LogP contribution >= 0.6 is 0 Å². The van der Waals surface area contributed by atoms with Crippen LogP contribution in [0.1, 0.15) is 18.1 Å². The molecule has 0 spiro atoms. The van der Waals surface area contributed by atoms with E-state index in [1.165, 1.54) is 18.2 Å². The summed E-state index contributed by atoms with van der Waals surface area (Å²) in [6, 6.07) is 21.7. The SMILES string of the molecule is CCOc1ccc(-c2ccc(CCc3ccc(-c4cccc(F)c4F)cc3)cc2)c(F)c1F. The molecule has 1 nitrogen and oxygen atoms in total. The molecule has 0 heterocycles. The van der Waals surface area contributed by atoms with Crippen molar-refractivity contribution in [2.45, 2.75) is 19.8 Å². The van der Waals surface area contributed by atoms with Crippen LogP contribution in [0.2, 0.25) is 0 Å². The average molecular weight is 450 g/mol. The third kappa shape index (κ3) is 4.92. The number of halogens is 4. The van der Waals surface area contributed by atoms with E-state index in [4.69, 9.17) is 4.74 Å². The maximum absolute atomic E-state index is 14.4. The Kier molecular flexibility index (Phi) is 6.78. The zero-order chi connectivity index (χ0) is 23.4. The topological polar surface area (TPSA) is 9.23 Å². The fraction of sp³-hybridized carbons (Fsp3) is 0.143. The molecule has 0 N–H and O–H groups in total. The lowest BCUT2D eigenvalue weighted by Crippen LogP contribution is -1.98. The second-order valence-corrected chi connectivity index (χ2v) is 7.67. The van der Waals surface area contributed by atoms with Gasteiger partial charge in [-0.1, -0.05) is 60.7 Å². The minimum Gasteiger partial charge on any atom is -0.491 e. The second kappa shape index (κ2) is 9.90. The van der Waals surface area contributed by atoms with Gasteiger partial charge in [-0.15, -0.1) is 0 Å². The van der Waals surface area contributed by atoms with Gasteiger partial charge in [0.1, 0.15) is 0 Å². The smallest absolute Gasteiger partial charge is 0.201 e. The fourth-order valence-corrected chi connectivity index (χ4v) is 3.74. The van der Waals surface area contributed by atoms with Crippen LogP contribution in [0.25, 0.3) is 22.3 Å². The van der Waals surface area contributed by atoms with E-state index in [1.54, 1.807) is 37.3 Å². The Bertz CT molecular complexity index is 1250. The Morgan fingerprint density at radius 2 is 1.12 bits per heavy atom. The van der Waals surface area contributed by atoms with Crippen molar-refractivity contribution in [2.75, 3.05) is 6.61 Å². The highest BCUT2D eigenvalue weighted by Crippen LogP contribution is 2.30. The monoisotopic (exact) mass is 450 g/mol. The first-order valence-electron chi connectivity index (χ1n) is 10.7. The molecule has 0 atom stereocenters. The van der Waals surface area contributed by atoms with E-state index in [2.05, 4.69) is 0 Å². The van der Waals surface area contributed by atoms with Gasteiger partial charge in [0.05, 0.1) is 6.61 Å². The van der Waals surface area contributed by atoms with E-state index in [-0.39, 0.29) is 23.5 Å². The molecule has 0 aliphatic carbocycles. The number of hydrogen-bond acceptors (Lipinski definition) is 1. The van der Waals surface area contributed by atoms with E-state index in [9.17, 15) is 17.6 Å². The lowest BCUT2D eigenvalue weighted by Gasteiger charge is -2.10. The summed E-state index contributed by atoms with van der Waals surface area (Å²) in [6.45, 7) is 1.97. The third-order valence-corrected chi connectivity index (χ3v) is 5.53. The molecule has 4 aromatic carbocycles. The van der Waals surface area contributed by atoms with Gasteiger partial charge in [-0.25, -0.2) is 13.2 Å². The van der Waals surface area contributed by atoms with Crippen molar-refractivity contribution >= 4 is 0 Å². The number of hydrogen-bond donors (Lipinski definition) is 0. The summed E-state index contributed by atoms with van der Waals surface area (Å²) < 4.78 is 61.1. The Balaban J connectivity index is 1.43. The summed E-state index contributed by atoms with van der Waals surface area (Å²) in [4.78, 5) is 0. The van der Waals surface area contributed by atoms with E-state index in [0.717, 1.165) is 30.0 Å². The van der Waals surface area contributed by atoms with Gasteiger partial charge in [-0.3, -0.25) is 0 Å². The van der Waals surface area contributed by atoms with Crippen molar-refractivity contribution in [1.29, 1.82) is 0 Å². The Hall–Kier alpha value is -3.60. The molecule has 0 radical (unpaired) electrons. The zero-order valence-electron chi connectivity index (χ0n) is 18.0. The molecule has 0 saturated heterocycles. The molecule has 5 heteroatoms. The molecule has 33 heavy (non-hydrogen) atoms. The highest BCUT2D eigenvalue weighted by molar-refractivity contribution is 5.66. The number of ether oxygens (including phenoxy) is 1. The normalized spacial score (nSPS) is 10.9. The van der Waals surface area contributed by atoms with Crippen LogP contribution in [0.3, 0.4) is 0 Å². The first-order valence-corrected chi connectivity index (χ1v) is 10.7. The minimum atomic E-state index is -0.986. The van der Waals surface area contributed by atoms with Gasteiger partial charge in [-0.05, 0) is 60.2 Å².